The fraction of sp³-hybridized carbons (Fsp3) is 0.333. The van der Waals surface area contributed by atoms with Gasteiger partial charge in [-0.3, -0.25) is 13.9 Å². The molecule has 0 fully saturated rings. The molecule has 0 radical (unpaired) electrons. The van der Waals surface area contributed by atoms with Crippen LogP contribution in [0, 0.1) is 6.92 Å². The second-order valence-corrected chi connectivity index (χ2v) is 12.8. The van der Waals surface area contributed by atoms with E-state index in [1.165, 1.54) is 23.1 Å². The smallest absolute Gasteiger partial charge is 0.264 e. The van der Waals surface area contributed by atoms with Crippen LogP contribution < -0.4 is 9.62 Å². The van der Waals surface area contributed by atoms with Crippen LogP contribution in [0.5, 0.6) is 0 Å². The average Bonchev–Trinajstić information content (AvgIpc) is 2.93. The van der Waals surface area contributed by atoms with E-state index in [4.69, 9.17) is 34.8 Å². The predicted molar refractivity (Wildman–Crippen MR) is 166 cm³/mol. The number of aryl methyl sites for hydroxylation is 1. The first-order chi connectivity index (χ1) is 19.5. The number of nitrogens with zero attached hydrogens (tertiary/aromatic N) is 2. The largest absolute Gasteiger partial charge is 0.354 e. The summed E-state index contributed by atoms with van der Waals surface area (Å²) in [6.07, 6.45) is 1.98. The molecule has 0 bridgehead atoms. The van der Waals surface area contributed by atoms with Crippen molar-refractivity contribution in [3.8, 4) is 0 Å². The number of benzene rings is 3. The van der Waals surface area contributed by atoms with Gasteiger partial charge in [-0.1, -0.05) is 84.9 Å². The van der Waals surface area contributed by atoms with E-state index >= 15 is 0 Å². The van der Waals surface area contributed by atoms with Crippen molar-refractivity contribution in [3.05, 3.63) is 92.9 Å². The molecule has 2 amide bonds. The van der Waals surface area contributed by atoms with Crippen LogP contribution in [0.4, 0.5) is 5.69 Å². The third-order valence-corrected chi connectivity index (χ3v) is 9.17. The van der Waals surface area contributed by atoms with Crippen LogP contribution in [0.15, 0.2) is 71.6 Å². The second kappa shape index (κ2) is 14.9. The number of rotatable bonds is 13. The van der Waals surface area contributed by atoms with Gasteiger partial charge in [0.1, 0.15) is 12.6 Å². The number of hydrogen-bond acceptors (Lipinski definition) is 4. The molecular formula is C30H34Cl3N3O4S. The second-order valence-electron chi connectivity index (χ2n) is 9.63. The lowest BCUT2D eigenvalue weighted by molar-refractivity contribution is -0.140. The number of sulfonamides is 1. The Labute approximate surface area is 257 Å². The van der Waals surface area contributed by atoms with E-state index in [2.05, 4.69) is 5.32 Å². The van der Waals surface area contributed by atoms with Crippen LogP contribution in [-0.2, 0) is 26.2 Å². The standard InChI is InChI=1S/C30H34Cl3N3O4S/c1-4-6-16-34-30(38)28(5-2)35(19-22-12-13-24(32)18-27(22)33)29(37)20-36(25-9-7-8-23(31)17-25)41(39,40)26-14-10-21(3)11-15-26/h7-15,17-18,28H,4-6,16,19-20H2,1-3H3,(H,34,38)/t28-/m0/s1. The number of halogens is 3. The van der Waals surface area contributed by atoms with Crippen LogP contribution in [-0.4, -0.2) is 44.3 Å². The van der Waals surface area contributed by atoms with Crippen molar-refractivity contribution in [2.45, 2.75) is 57.5 Å². The van der Waals surface area contributed by atoms with Gasteiger partial charge < -0.3 is 10.2 Å². The Morgan fingerprint density at radius 1 is 0.927 bits per heavy atom. The number of carbonyl (C=O) groups excluding carboxylic acids is 2. The highest BCUT2D eigenvalue weighted by atomic mass is 35.5. The van der Waals surface area contributed by atoms with E-state index in [1.54, 1.807) is 55.5 Å². The molecule has 0 unspecified atom stereocenters. The van der Waals surface area contributed by atoms with Gasteiger partial charge >= 0.3 is 0 Å². The zero-order valence-corrected chi connectivity index (χ0v) is 26.3. The minimum atomic E-state index is -4.19. The van der Waals surface area contributed by atoms with E-state index < -0.39 is 28.5 Å². The Morgan fingerprint density at radius 3 is 2.22 bits per heavy atom. The van der Waals surface area contributed by atoms with E-state index in [-0.39, 0.29) is 23.0 Å². The molecule has 0 saturated carbocycles. The van der Waals surface area contributed by atoms with Gasteiger partial charge in [-0.15, -0.1) is 0 Å². The summed E-state index contributed by atoms with van der Waals surface area (Å²) in [5.74, 6) is -0.903. The molecule has 0 aliphatic carbocycles. The molecule has 1 atom stereocenters. The maximum atomic E-state index is 14.1. The van der Waals surface area contributed by atoms with E-state index in [0.29, 0.717) is 33.6 Å². The van der Waals surface area contributed by atoms with Crippen LogP contribution in [0.1, 0.15) is 44.2 Å². The fourth-order valence-electron chi connectivity index (χ4n) is 4.26. The van der Waals surface area contributed by atoms with Gasteiger partial charge in [0.2, 0.25) is 11.8 Å². The van der Waals surface area contributed by atoms with Gasteiger partial charge in [-0.2, -0.15) is 0 Å². The van der Waals surface area contributed by atoms with E-state index in [9.17, 15) is 18.0 Å². The normalized spacial score (nSPS) is 12.0. The van der Waals surface area contributed by atoms with Gasteiger partial charge in [0.05, 0.1) is 10.6 Å². The topological polar surface area (TPSA) is 86.8 Å². The molecule has 41 heavy (non-hydrogen) atoms. The summed E-state index contributed by atoms with van der Waals surface area (Å²) in [4.78, 5) is 28.8. The molecule has 0 aromatic heterocycles. The lowest BCUT2D eigenvalue weighted by Crippen LogP contribution is -2.52. The molecule has 0 saturated heterocycles. The Balaban J connectivity index is 2.06. The molecule has 1 N–H and O–H groups in total. The predicted octanol–water partition coefficient (Wildman–Crippen LogP) is 6.87. The number of anilines is 1. The summed E-state index contributed by atoms with van der Waals surface area (Å²) in [6, 6.07) is 16.7. The molecular weight excluding hydrogens is 605 g/mol. The number of unbranched alkanes of at least 4 members (excludes halogenated alkanes) is 1. The molecule has 0 aliphatic heterocycles. The van der Waals surface area contributed by atoms with Gasteiger partial charge in [0, 0.05) is 28.2 Å². The molecule has 11 heteroatoms. The van der Waals surface area contributed by atoms with Crippen LogP contribution >= 0.6 is 34.8 Å². The van der Waals surface area contributed by atoms with Crippen molar-refractivity contribution in [3.63, 3.8) is 0 Å². The molecule has 3 aromatic carbocycles. The summed E-state index contributed by atoms with van der Waals surface area (Å²) in [5.41, 5.74) is 1.68. The van der Waals surface area contributed by atoms with E-state index in [1.807, 2.05) is 13.8 Å². The van der Waals surface area contributed by atoms with Crippen molar-refractivity contribution in [1.82, 2.24) is 10.2 Å². The molecule has 220 valence electrons. The zero-order valence-electron chi connectivity index (χ0n) is 23.2. The molecule has 3 aromatic rings. The summed E-state index contributed by atoms with van der Waals surface area (Å²) in [7, 11) is -4.19. The van der Waals surface area contributed by atoms with Crippen molar-refractivity contribution in [2.75, 3.05) is 17.4 Å². The van der Waals surface area contributed by atoms with Crippen molar-refractivity contribution < 1.29 is 18.0 Å². The monoisotopic (exact) mass is 637 g/mol. The Bertz CT molecular complexity index is 1470. The highest BCUT2D eigenvalue weighted by molar-refractivity contribution is 7.92. The first kappa shape index (κ1) is 32.7. The first-order valence-corrected chi connectivity index (χ1v) is 15.9. The highest BCUT2D eigenvalue weighted by Gasteiger charge is 2.34. The van der Waals surface area contributed by atoms with Gasteiger partial charge in [0.25, 0.3) is 10.0 Å². The lowest BCUT2D eigenvalue weighted by Gasteiger charge is -2.33. The summed E-state index contributed by atoms with van der Waals surface area (Å²) in [6.45, 7) is 5.53. The fourth-order valence-corrected chi connectivity index (χ4v) is 6.32. The van der Waals surface area contributed by atoms with E-state index in [0.717, 1.165) is 22.7 Å². The first-order valence-electron chi connectivity index (χ1n) is 13.3. The quantitative estimate of drug-likeness (QED) is 0.207. The van der Waals surface area contributed by atoms with Crippen molar-refractivity contribution in [2.24, 2.45) is 0 Å². The summed E-state index contributed by atoms with van der Waals surface area (Å²) in [5, 5.41) is 3.97. The van der Waals surface area contributed by atoms with Crippen LogP contribution in [0.3, 0.4) is 0 Å². The molecule has 7 nitrogen and oxygen atoms in total. The molecule has 3 rings (SSSR count). The lowest BCUT2D eigenvalue weighted by atomic mass is 10.1. The number of carbonyl (C=O) groups is 2. The number of hydrogen-bond donors (Lipinski definition) is 1. The third-order valence-electron chi connectivity index (χ3n) is 6.56. The Morgan fingerprint density at radius 2 is 1.61 bits per heavy atom. The van der Waals surface area contributed by atoms with Crippen LogP contribution in [0.2, 0.25) is 15.1 Å². The minimum Gasteiger partial charge on any atom is -0.354 e. The molecule has 0 heterocycles. The SMILES string of the molecule is CCCCNC(=O)[C@H](CC)N(Cc1ccc(Cl)cc1Cl)C(=O)CN(c1cccc(Cl)c1)S(=O)(=O)c1ccc(C)cc1. The Kier molecular flexibility index (Phi) is 11.9. The van der Waals surface area contributed by atoms with Crippen molar-refractivity contribution >= 4 is 62.3 Å². The third kappa shape index (κ3) is 8.61. The van der Waals surface area contributed by atoms with Gasteiger partial charge in [-0.05, 0) is 67.8 Å². The maximum absolute atomic E-state index is 14.1. The number of amides is 2. The van der Waals surface area contributed by atoms with Crippen LogP contribution in [0.25, 0.3) is 0 Å². The number of nitrogens with one attached hydrogen (secondary N) is 1. The summed E-state index contributed by atoms with van der Waals surface area (Å²) >= 11 is 18.8. The summed E-state index contributed by atoms with van der Waals surface area (Å²) < 4.78 is 28.8. The highest BCUT2D eigenvalue weighted by Crippen LogP contribution is 2.28. The molecule has 0 aliphatic rings. The minimum absolute atomic E-state index is 0.0209. The maximum Gasteiger partial charge on any atom is 0.264 e. The average molecular weight is 639 g/mol. The molecule has 0 spiro atoms. The van der Waals surface area contributed by atoms with Gasteiger partial charge in [0.15, 0.2) is 0 Å². The zero-order chi connectivity index (χ0) is 30.2. The van der Waals surface area contributed by atoms with Gasteiger partial charge in [-0.25, -0.2) is 8.42 Å². The van der Waals surface area contributed by atoms with Crippen molar-refractivity contribution in [1.29, 1.82) is 0 Å². The Hall–Kier alpha value is -2.78.